The van der Waals surface area contributed by atoms with Crippen LogP contribution in [0.2, 0.25) is 0 Å². The Hall–Kier alpha value is -0.600. The summed E-state index contributed by atoms with van der Waals surface area (Å²) in [4.78, 5) is 0. The van der Waals surface area contributed by atoms with Crippen molar-refractivity contribution in [2.45, 2.75) is 212 Å². The van der Waals surface area contributed by atoms with Gasteiger partial charge in [0.1, 0.15) is 0 Å². The topological polar surface area (TPSA) is 46.2 Å². The first-order valence-corrected chi connectivity index (χ1v) is 18.4. The molecule has 0 spiro atoms. The summed E-state index contributed by atoms with van der Waals surface area (Å²) in [7, 11) is 0. The predicted molar refractivity (Wildman–Crippen MR) is 182 cm³/mol. The molecular formula is C38H75NO. The van der Waals surface area contributed by atoms with Crippen molar-refractivity contribution in [2.24, 2.45) is 5.73 Å². The van der Waals surface area contributed by atoms with Crippen LogP contribution in [0.5, 0.6) is 0 Å². The second-order valence-electron chi connectivity index (χ2n) is 12.9. The van der Waals surface area contributed by atoms with E-state index in [2.05, 4.69) is 38.2 Å². The smallest absolute Gasteiger partial charge is 0.0611 e. The van der Waals surface area contributed by atoms with E-state index in [0.717, 1.165) is 12.8 Å². The van der Waals surface area contributed by atoms with Crippen LogP contribution in [0.25, 0.3) is 0 Å². The number of allylic oxidation sites excluding steroid dienone is 4. The molecule has 2 nitrogen and oxygen atoms in total. The lowest BCUT2D eigenvalue weighted by atomic mass is 9.88. The van der Waals surface area contributed by atoms with Gasteiger partial charge in [-0.2, -0.15) is 0 Å². The van der Waals surface area contributed by atoms with Crippen LogP contribution in [0, 0.1) is 0 Å². The highest BCUT2D eigenvalue weighted by atomic mass is 16.3. The van der Waals surface area contributed by atoms with Crippen LogP contribution in [0.1, 0.15) is 206 Å². The lowest BCUT2D eigenvalue weighted by molar-refractivity contribution is 0.171. The zero-order valence-electron chi connectivity index (χ0n) is 27.8. The van der Waals surface area contributed by atoms with Gasteiger partial charge in [0.25, 0.3) is 0 Å². The van der Waals surface area contributed by atoms with E-state index in [4.69, 9.17) is 5.73 Å². The number of rotatable bonds is 33. The fourth-order valence-corrected chi connectivity index (χ4v) is 5.73. The van der Waals surface area contributed by atoms with Crippen molar-refractivity contribution in [1.29, 1.82) is 0 Å². The molecule has 0 aliphatic carbocycles. The summed E-state index contributed by atoms with van der Waals surface area (Å²) in [6, 6.07) is 0. The molecule has 0 aliphatic rings. The number of hydrogen-bond donors (Lipinski definition) is 2. The van der Waals surface area contributed by atoms with Gasteiger partial charge in [0.15, 0.2) is 0 Å². The normalized spacial score (nSPS) is 12.4. The minimum Gasteiger partial charge on any atom is -0.394 e. The van der Waals surface area contributed by atoms with Crippen molar-refractivity contribution in [3.05, 3.63) is 24.3 Å². The Morgan fingerprint density at radius 1 is 0.400 bits per heavy atom. The second-order valence-corrected chi connectivity index (χ2v) is 12.9. The molecule has 0 aromatic heterocycles. The van der Waals surface area contributed by atoms with Crippen LogP contribution in [0.3, 0.4) is 0 Å². The third kappa shape index (κ3) is 30.4. The molecule has 0 aromatic carbocycles. The van der Waals surface area contributed by atoms with Crippen LogP contribution in [0.4, 0.5) is 0 Å². The molecule has 0 radical (unpaired) electrons. The summed E-state index contributed by atoms with van der Waals surface area (Å²) in [6.45, 7) is 4.71. The summed E-state index contributed by atoms with van der Waals surface area (Å²) < 4.78 is 0. The average molecular weight is 562 g/mol. The maximum atomic E-state index is 9.90. The Morgan fingerprint density at radius 2 is 0.650 bits per heavy atom. The van der Waals surface area contributed by atoms with Crippen molar-refractivity contribution in [2.75, 3.05) is 6.61 Å². The van der Waals surface area contributed by atoms with E-state index in [1.165, 1.54) is 180 Å². The van der Waals surface area contributed by atoms with Crippen LogP contribution >= 0.6 is 0 Å². The molecule has 0 amide bonds. The number of unbranched alkanes of at least 4 members (excludes halogenated alkanes) is 24. The molecule has 0 saturated carbocycles. The number of nitrogens with two attached hydrogens (primary N) is 1. The molecule has 0 unspecified atom stereocenters. The highest BCUT2D eigenvalue weighted by Gasteiger charge is 2.22. The largest absolute Gasteiger partial charge is 0.394 e. The molecule has 0 saturated heterocycles. The van der Waals surface area contributed by atoms with Crippen molar-refractivity contribution < 1.29 is 5.11 Å². The van der Waals surface area contributed by atoms with Gasteiger partial charge in [-0.1, -0.05) is 167 Å². The van der Waals surface area contributed by atoms with Gasteiger partial charge in [0.05, 0.1) is 6.61 Å². The van der Waals surface area contributed by atoms with Crippen molar-refractivity contribution >= 4 is 0 Å². The molecule has 0 aromatic rings. The van der Waals surface area contributed by atoms with Crippen LogP contribution in [-0.4, -0.2) is 17.3 Å². The maximum Gasteiger partial charge on any atom is 0.0611 e. The van der Waals surface area contributed by atoms with Gasteiger partial charge in [-0.15, -0.1) is 0 Å². The third-order valence-corrected chi connectivity index (χ3v) is 8.69. The molecule has 2 heteroatoms. The Labute approximate surface area is 253 Å². The quantitative estimate of drug-likeness (QED) is 0.0618. The summed E-state index contributed by atoms with van der Waals surface area (Å²) in [6.07, 6.45) is 48.9. The Balaban J connectivity index is 3.48. The average Bonchev–Trinajstić information content (AvgIpc) is 2.96. The number of aliphatic hydroxyl groups excluding tert-OH is 1. The summed E-state index contributed by atoms with van der Waals surface area (Å²) in [5.41, 5.74) is 6.21. The minimum atomic E-state index is -0.346. The van der Waals surface area contributed by atoms with Gasteiger partial charge in [-0.05, 0) is 64.2 Å². The first-order chi connectivity index (χ1) is 19.7. The van der Waals surface area contributed by atoms with Crippen molar-refractivity contribution in [1.82, 2.24) is 0 Å². The van der Waals surface area contributed by atoms with E-state index in [1.807, 2.05) is 0 Å². The molecular weight excluding hydrogens is 486 g/mol. The minimum absolute atomic E-state index is 0.142. The van der Waals surface area contributed by atoms with Gasteiger partial charge in [-0.25, -0.2) is 0 Å². The molecule has 0 rings (SSSR count). The summed E-state index contributed by atoms with van der Waals surface area (Å²) in [5.74, 6) is 0. The van der Waals surface area contributed by atoms with E-state index in [0.29, 0.717) is 0 Å². The number of aliphatic hydroxyl groups is 1. The zero-order valence-corrected chi connectivity index (χ0v) is 27.8. The van der Waals surface area contributed by atoms with E-state index in [9.17, 15) is 5.11 Å². The van der Waals surface area contributed by atoms with Gasteiger partial charge < -0.3 is 10.8 Å². The molecule has 0 bridgehead atoms. The lowest BCUT2D eigenvalue weighted by Crippen LogP contribution is -2.43. The van der Waals surface area contributed by atoms with E-state index >= 15 is 0 Å². The number of hydrogen-bond acceptors (Lipinski definition) is 2. The Kier molecular flexibility index (Phi) is 32.4. The van der Waals surface area contributed by atoms with Crippen molar-refractivity contribution in [3.8, 4) is 0 Å². The predicted octanol–water partition coefficient (Wildman–Crippen LogP) is 12.5. The fraction of sp³-hybridized carbons (Fsp3) is 0.895. The highest BCUT2D eigenvalue weighted by molar-refractivity contribution is 4.84. The van der Waals surface area contributed by atoms with Gasteiger partial charge in [0.2, 0.25) is 0 Å². The molecule has 0 fully saturated rings. The monoisotopic (exact) mass is 562 g/mol. The van der Waals surface area contributed by atoms with Crippen molar-refractivity contribution in [3.63, 3.8) is 0 Å². The van der Waals surface area contributed by atoms with Gasteiger partial charge >= 0.3 is 0 Å². The van der Waals surface area contributed by atoms with Crippen LogP contribution < -0.4 is 5.73 Å². The highest BCUT2D eigenvalue weighted by Crippen LogP contribution is 2.21. The molecule has 0 atom stereocenters. The molecule has 40 heavy (non-hydrogen) atoms. The summed E-state index contributed by atoms with van der Waals surface area (Å²) >= 11 is 0. The summed E-state index contributed by atoms with van der Waals surface area (Å²) in [5, 5.41) is 9.90. The SMILES string of the molecule is CCCCCCCC/C=C\CCCCCCCCC(N)(CO)CCCCCCCC/C=C\CCCCCCCC. The maximum absolute atomic E-state index is 9.90. The second kappa shape index (κ2) is 32.9. The fourth-order valence-electron chi connectivity index (χ4n) is 5.73. The third-order valence-electron chi connectivity index (χ3n) is 8.69. The lowest BCUT2D eigenvalue weighted by Gasteiger charge is -2.27. The standard InChI is InChI=1S/C38H75NO/c1-3-5-7-9-11-13-15-17-19-21-23-25-27-29-31-33-35-38(39,37-40)36-34-32-30-28-26-24-22-20-18-16-14-12-10-8-6-4-2/h17-20,40H,3-16,21-37,39H2,1-2H3/b19-17-,20-18-. The molecule has 238 valence electrons. The molecule has 3 N–H and O–H groups in total. The van der Waals surface area contributed by atoms with Crippen LogP contribution in [-0.2, 0) is 0 Å². The van der Waals surface area contributed by atoms with Gasteiger partial charge in [-0.3, -0.25) is 0 Å². The first kappa shape index (κ1) is 39.4. The molecule has 0 aliphatic heterocycles. The van der Waals surface area contributed by atoms with E-state index in [-0.39, 0.29) is 12.1 Å². The zero-order chi connectivity index (χ0) is 29.2. The first-order valence-electron chi connectivity index (χ1n) is 18.4. The Morgan fingerprint density at radius 3 is 0.925 bits per heavy atom. The van der Waals surface area contributed by atoms with E-state index in [1.54, 1.807) is 0 Å². The molecule has 0 heterocycles. The van der Waals surface area contributed by atoms with E-state index < -0.39 is 0 Å². The van der Waals surface area contributed by atoms with Crippen LogP contribution in [0.15, 0.2) is 24.3 Å². The van der Waals surface area contributed by atoms with Gasteiger partial charge in [0, 0.05) is 5.54 Å². The Bertz CT molecular complexity index is 484.